The molecule has 0 aliphatic carbocycles. The van der Waals surface area contributed by atoms with E-state index in [0.717, 1.165) is 39.0 Å². The average molecular weight is 483 g/mol. The quantitative estimate of drug-likeness (QED) is 0.278. The van der Waals surface area contributed by atoms with Crippen LogP contribution in [0.4, 0.5) is 0 Å². The maximum absolute atomic E-state index is 12.3. The Morgan fingerprint density at radius 1 is 0.943 bits per heavy atom. The van der Waals surface area contributed by atoms with Gasteiger partial charge in [0, 0.05) is 17.0 Å². The Hall–Kier alpha value is -4.09. The van der Waals surface area contributed by atoms with Crippen molar-refractivity contribution in [1.82, 2.24) is 9.78 Å². The first kappa shape index (κ1) is 22.7. The van der Waals surface area contributed by atoms with Crippen LogP contribution >= 0.6 is 11.6 Å². The van der Waals surface area contributed by atoms with Crippen molar-refractivity contribution < 1.29 is 14.6 Å². The lowest BCUT2D eigenvalue weighted by atomic mass is 9.92. The Kier molecular flexibility index (Phi) is 6.25. The van der Waals surface area contributed by atoms with Crippen LogP contribution in [0.25, 0.3) is 27.7 Å². The molecule has 35 heavy (non-hydrogen) atoms. The van der Waals surface area contributed by atoms with E-state index >= 15 is 0 Å². The van der Waals surface area contributed by atoms with Crippen molar-refractivity contribution >= 4 is 28.3 Å². The van der Waals surface area contributed by atoms with Crippen LogP contribution in [0.1, 0.15) is 17.2 Å². The minimum atomic E-state index is -0.890. The fourth-order valence-electron chi connectivity index (χ4n) is 4.29. The van der Waals surface area contributed by atoms with Crippen molar-refractivity contribution in [2.45, 2.75) is 12.3 Å². The van der Waals surface area contributed by atoms with Gasteiger partial charge in [-0.05, 0) is 52.7 Å². The van der Waals surface area contributed by atoms with E-state index in [2.05, 4.69) is 0 Å². The first-order valence-corrected chi connectivity index (χ1v) is 11.6. The summed E-state index contributed by atoms with van der Waals surface area (Å²) in [6.07, 6.45) is 0.244. The van der Waals surface area contributed by atoms with E-state index in [1.807, 2.05) is 97.1 Å². The third-order valence-electron chi connectivity index (χ3n) is 6.11. The molecule has 0 radical (unpaired) electrons. The lowest BCUT2D eigenvalue weighted by molar-refractivity contribution is -0.138. The zero-order chi connectivity index (χ0) is 24.4. The summed E-state index contributed by atoms with van der Waals surface area (Å²) in [5, 5.41) is 17.6. The molecule has 5 nitrogen and oxygen atoms in total. The Morgan fingerprint density at radius 3 is 2.37 bits per heavy atom. The number of fused-ring (bicyclic) bond motifs is 1. The minimum absolute atomic E-state index is 0.244. The van der Waals surface area contributed by atoms with Crippen molar-refractivity contribution in [3.8, 4) is 22.7 Å². The largest absolute Gasteiger partial charge is 0.497 e. The third kappa shape index (κ3) is 4.63. The van der Waals surface area contributed by atoms with Crippen molar-refractivity contribution in [2.24, 2.45) is 0 Å². The number of hydrogen-bond donors (Lipinski definition) is 1. The maximum Gasteiger partial charge on any atom is 0.311 e. The highest BCUT2D eigenvalue weighted by Gasteiger charge is 2.24. The van der Waals surface area contributed by atoms with Gasteiger partial charge >= 0.3 is 5.97 Å². The zero-order valence-electron chi connectivity index (χ0n) is 19.1. The molecule has 1 aromatic heterocycles. The number of carboxylic acid groups (broad SMARTS) is 1. The molecule has 0 saturated carbocycles. The molecule has 6 heteroatoms. The molecule has 0 aliphatic heterocycles. The molecular weight excluding hydrogens is 460 g/mol. The van der Waals surface area contributed by atoms with Gasteiger partial charge in [0.2, 0.25) is 0 Å². The fraction of sp³-hybridized carbons (Fsp3) is 0.103. The van der Waals surface area contributed by atoms with Crippen LogP contribution < -0.4 is 4.74 Å². The molecule has 0 spiro atoms. The number of nitrogens with zero attached hydrogens (tertiary/aromatic N) is 2. The summed E-state index contributed by atoms with van der Waals surface area (Å²) in [4.78, 5) is 12.3. The highest BCUT2D eigenvalue weighted by molar-refractivity contribution is 6.33. The Morgan fingerprint density at radius 2 is 1.66 bits per heavy atom. The van der Waals surface area contributed by atoms with E-state index < -0.39 is 11.9 Å². The number of ether oxygens (including phenoxy) is 1. The third-order valence-corrected chi connectivity index (χ3v) is 6.44. The molecule has 174 valence electrons. The van der Waals surface area contributed by atoms with Crippen LogP contribution in [0, 0.1) is 0 Å². The fourth-order valence-corrected chi connectivity index (χ4v) is 4.52. The second-order valence-corrected chi connectivity index (χ2v) is 8.72. The van der Waals surface area contributed by atoms with Crippen LogP contribution in [-0.2, 0) is 11.2 Å². The number of hydrogen-bond acceptors (Lipinski definition) is 3. The van der Waals surface area contributed by atoms with Gasteiger partial charge in [-0.15, -0.1) is 0 Å². The number of carbonyl (C=O) groups is 1. The molecule has 0 aliphatic rings. The van der Waals surface area contributed by atoms with Gasteiger partial charge in [0.1, 0.15) is 5.75 Å². The van der Waals surface area contributed by atoms with E-state index in [0.29, 0.717) is 10.7 Å². The molecule has 5 aromatic rings. The van der Waals surface area contributed by atoms with E-state index in [-0.39, 0.29) is 6.42 Å². The van der Waals surface area contributed by atoms with Gasteiger partial charge in [-0.2, -0.15) is 5.10 Å². The number of benzene rings is 4. The standard InChI is InChI=1S/C29H23ClN2O3/c1-35-24-14-12-23(13-15-24)32-28(25-8-4-5-9-27(25)30)18-22(31-32)17-26(29(33)34)21-11-10-19-6-2-3-7-20(19)16-21/h2-16,18,26H,17H2,1H3,(H,33,34). The van der Waals surface area contributed by atoms with Crippen molar-refractivity contribution in [1.29, 1.82) is 0 Å². The van der Waals surface area contributed by atoms with Gasteiger partial charge in [0.15, 0.2) is 0 Å². The van der Waals surface area contributed by atoms with Crippen molar-refractivity contribution in [3.63, 3.8) is 0 Å². The summed E-state index contributed by atoms with van der Waals surface area (Å²) in [5.41, 5.74) is 3.84. The van der Waals surface area contributed by atoms with Crippen molar-refractivity contribution in [2.75, 3.05) is 7.11 Å². The summed E-state index contributed by atoms with van der Waals surface area (Å²) >= 11 is 6.53. The highest BCUT2D eigenvalue weighted by atomic mass is 35.5. The van der Waals surface area contributed by atoms with Crippen LogP contribution in [0.2, 0.25) is 5.02 Å². The molecule has 0 fully saturated rings. The van der Waals surface area contributed by atoms with Gasteiger partial charge in [-0.25, -0.2) is 4.68 Å². The van der Waals surface area contributed by atoms with Crippen LogP contribution in [0.3, 0.4) is 0 Å². The van der Waals surface area contributed by atoms with E-state index in [1.165, 1.54) is 0 Å². The molecule has 1 heterocycles. The molecule has 5 rings (SSSR count). The SMILES string of the molecule is COc1ccc(-n2nc(CC(C(=O)O)c3ccc4ccccc4c3)cc2-c2ccccc2Cl)cc1. The van der Waals surface area contributed by atoms with E-state index in [1.54, 1.807) is 11.8 Å². The maximum atomic E-state index is 12.3. The normalized spacial score (nSPS) is 11.9. The van der Waals surface area contributed by atoms with Gasteiger partial charge < -0.3 is 9.84 Å². The van der Waals surface area contributed by atoms with Crippen molar-refractivity contribution in [3.05, 3.63) is 113 Å². The second kappa shape index (κ2) is 9.65. The summed E-state index contributed by atoms with van der Waals surface area (Å²) in [5.74, 6) is -0.890. The van der Waals surface area contributed by atoms with Gasteiger partial charge in [0.05, 0.1) is 30.1 Å². The highest BCUT2D eigenvalue weighted by Crippen LogP contribution is 2.32. The van der Waals surface area contributed by atoms with Crippen LogP contribution in [0.5, 0.6) is 5.75 Å². The Balaban J connectivity index is 1.57. The number of halogens is 1. The van der Waals surface area contributed by atoms with Crippen LogP contribution in [-0.4, -0.2) is 28.0 Å². The average Bonchev–Trinajstić information content (AvgIpc) is 3.31. The first-order chi connectivity index (χ1) is 17.0. The monoisotopic (exact) mass is 482 g/mol. The molecular formula is C29H23ClN2O3. The Bertz CT molecular complexity index is 1510. The van der Waals surface area contributed by atoms with E-state index in [4.69, 9.17) is 21.4 Å². The van der Waals surface area contributed by atoms with Gasteiger partial charge in [-0.1, -0.05) is 72.3 Å². The lowest BCUT2D eigenvalue weighted by Crippen LogP contribution is -2.15. The minimum Gasteiger partial charge on any atom is -0.497 e. The molecule has 1 atom stereocenters. The number of carboxylic acids is 1. The summed E-state index contributed by atoms with van der Waals surface area (Å²) in [7, 11) is 1.62. The number of rotatable bonds is 7. The van der Waals surface area contributed by atoms with Gasteiger partial charge in [0.25, 0.3) is 0 Å². The molecule has 1 unspecified atom stereocenters. The summed E-state index contributed by atoms with van der Waals surface area (Å²) in [6, 6.07) is 30.8. The molecule has 0 amide bonds. The smallest absolute Gasteiger partial charge is 0.311 e. The molecule has 0 saturated heterocycles. The zero-order valence-corrected chi connectivity index (χ0v) is 19.8. The Labute approximate surface area is 208 Å². The van der Waals surface area contributed by atoms with Gasteiger partial charge in [-0.3, -0.25) is 4.79 Å². The molecule has 0 bridgehead atoms. The second-order valence-electron chi connectivity index (χ2n) is 8.31. The van der Waals surface area contributed by atoms with E-state index in [9.17, 15) is 9.90 Å². The molecule has 4 aromatic carbocycles. The number of aliphatic carboxylic acids is 1. The lowest BCUT2D eigenvalue weighted by Gasteiger charge is -2.12. The predicted octanol–water partition coefficient (Wildman–Crippen LogP) is 6.77. The number of methoxy groups -OCH3 is 1. The summed E-state index contributed by atoms with van der Waals surface area (Å²) in [6.45, 7) is 0. The summed E-state index contributed by atoms with van der Waals surface area (Å²) < 4.78 is 7.09. The topological polar surface area (TPSA) is 64.4 Å². The predicted molar refractivity (Wildman–Crippen MR) is 139 cm³/mol. The van der Waals surface area contributed by atoms with Crippen LogP contribution in [0.15, 0.2) is 97.1 Å². The first-order valence-electron chi connectivity index (χ1n) is 11.2. The number of aromatic nitrogens is 2. The molecule has 1 N–H and O–H groups in total.